The van der Waals surface area contributed by atoms with Crippen LogP contribution in [0.3, 0.4) is 0 Å². The van der Waals surface area contributed by atoms with Gasteiger partial charge in [-0.25, -0.2) is 10.5 Å². The first-order chi connectivity index (χ1) is 5.72. The summed E-state index contributed by atoms with van der Waals surface area (Å²) in [6.07, 6.45) is 0. The first kappa shape index (κ1) is 8.48. The lowest BCUT2D eigenvalue weighted by atomic mass is 10.4. The highest BCUT2D eigenvalue weighted by molar-refractivity contribution is 5.79. The first-order valence-corrected chi connectivity index (χ1v) is 3.40. The molecule has 1 heterocycles. The first-order valence-electron chi connectivity index (χ1n) is 3.40. The van der Waals surface area contributed by atoms with E-state index in [-0.39, 0.29) is 5.96 Å². The molecule has 5 nitrogen and oxygen atoms in total. The van der Waals surface area contributed by atoms with Gasteiger partial charge in [0.2, 0.25) is 5.96 Å². The minimum atomic E-state index is -0.0758. The summed E-state index contributed by atoms with van der Waals surface area (Å²) in [5.41, 5.74) is 7.77. The van der Waals surface area contributed by atoms with Crippen molar-refractivity contribution >= 4 is 11.8 Å². The van der Waals surface area contributed by atoms with Crippen LogP contribution in [-0.4, -0.2) is 16.2 Å². The van der Waals surface area contributed by atoms with Gasteiger partial charge in [-0.05, 0) is 19.1 Å². The second kappa shape index (κ2) is 3.68. The highest BCUT2D eigenvalue weighted by atomic mass is 16.5. The van der Waals surface area contributed by atoms with Crippen molar-refractivity contribution < 1.29 is 5.21 Å². The van der Waals surface area contributed by atoms with Crippen LogP contribution >= 0.6 is 0 Å². The van der Waals surface area contributed by atoms with Crippen molar-refractivity contribution in [2.45, 2.75) is 6.92 Å². The Morgan fingerprint density at radius 2 is 2.42 bits per heavy atom. The number of hydroxylamine groups is 1. The topological polar surface area (TPSA) is 83.5 Å². The Balaban J connectivity index is 2.89. The SMILES string of the molecule is Cc1cccc(N=C(N)NO)n1. The number of nitrogens with two attached hydrogens (primary N) is 1. The molecule has 0 fully saturated rings. The Labute approximate surface area is 69.9 Å². The van der Waals surface area contributed by atoms with Crippen LogP contribution in [0, 0.1) is 6.92 Å². The molecule has 12 heavy (non-hydrogen) atoms. The van der Waals surface area contributed by atoms with Crippen LogP contribution in [0.5, 0.6) is 0 Å². The van der Waals surface area contributed by atoms with E-state index < -0.39 is 0 Å². The Morgan fingerprint density at radius 3 is 3.00 bits per heavy atom. The molecular formula is C7H10N4O. The summed E-state index contributed by atoms with van der Waals surface area (Å²) in [7, 11) is 0. The number of rotatable bonds is 1. The van der Waals surface area contributed by atoms with Crippen LogP contribution in [-0.2, 0) is 0 Å². The second-order valence-corrected chi connectivity index (χ2v) is 2.25. The fourth-order valence-electron chi connectivity index (χ4n) is 0.739. The van der Waals surface area contributed by atoms with E-state index in [1.807, 2.05) is 19.1 Å². The molecule has 0 saturated carbocycles. The number of aryl methyl sites for hydroxylation is 1. The Hall–Kier alpha value is -1.62. The molecule has 1 aromatic heterocycles. The lowest BCUT2D eigenvalue weighted by Gasteiger charge is -1.97. The molecule has 64 valence electrons. The lowest BCUT2D eigenvalue weighted by Crippen LogP contribution is -2.27. The maximum Gasteiger partial charge on any atom is 0.219 e. The molecule has 5 heteroatoms. The zero-order valence-corrected chi connectivity index (χ0v) is 6.65. The molecule has 0 saturated heterocycles. The quantitative estimate of drug-likeness (QED) is 0.318. The molecule has 1 aromatic rings. The number of guanidine groups is 1. The monoisotopic (exact) mass is 166 g/mol. The molecule has 0 unspecified atom stereocenters. The van der Waals surface area contributed by atoms with E-state index in [1.165, 1.54) is 0 Å². The maximum atomic E-state index is 8.33. The fraction of sp³-hybridized carbons (Fsp3) is 0.143. The molecule has 0 bridgehead atoms. The third kappa shape index (κ3) is 2.21. The third-order valence-corrected chi connectivity index (χ3v) is 1.22. The van der Waals surface area contributed by atoms with Gasteiger partial charge in [-0.1, -0.05) is 6.07 Å². The Bertz CT molecular complexity index is 297. The number of nitrogens with one attached hydrogen (secondary N) is 1. The third-order valence-electron chi connectivity index (χ3n) is 1.22. The number of hydrogen-bond donors (Lipinski definition) is 3. The molecule has 0 aliphatic rings. The van der Waals surface area contributed by atoms with Crippen molar-refractivity contribution in [2.24, 2.45) is 10.7 Å². The van der Waals surface area contributed by atoms with Gasteiger partial charge < -0.3 is 5.73 Å². The number of aromatic nitrogens is 1. The van der Waals surface area contributed by atoms with Crippen LogP contribution in [0.25, 0.3) is 0 Å². The molecule has 1 rings (SSSR count). The van der Waals surface area contributed by atoms with Gasteiger partial charge in [0.15, 0.2) is 5.82 Å². The smallest absolute Gasteiger partial charge is 0.219 e. The number of aliphatic imine (C=N–C) groups is 1. The Morgan fingerprint density at radius 1 is 1.67 bits per heavy atom. The average molecular weight is 166 g/mol. The van der Waals surface area contributed by atoms with E-state index in [0.29, 0.717) is 5.82 Å². The van der Waals surface area contributed by atoms with Crippen molar-refractivity contribution in [1.82, 2.24) is 10.5 Å². The van der Waals surface area contributed by atoms with E-state index in [9.17, 15) is 0 Å². The minimum absolute atomic E-state index is 0.0758. The molecule has 0 aliphatic carbocycles. The molecule has 0 aromatic carbocycles. The zero-order chi connectivity index (χ0) is 8.97. The predicted molar refractivity (Wildman–Crippen MR) is 45.2 cm³/mol. The summed E-state index contributed by atoms with van der Waals surface area (Å²) in [5, 5.41) is 8.33. The summed E-state index contributed by atoms with van der Waals surface area (Å²) < 4.78 is 0. The van der Waals surface area contributed by atoms with Crippen molar-refractivity contribution in [2.75, 3.05) is 0 Å². The molecule has 0 radical (unpaired) electrons. The van der Waals surface area contributed by atoms with E-state index in [1.54, 1.807) is 11.5 Å². The lowest BCUT2D eigenvalue weighted by molar-refractivity contribution is 0.233. The van der Waals surface area contributed by atoms with Crippen molar-refractivity contribution in [3.05, 3.63) is 23.9 Å². The van der Waals surface area contributed by atoms with Gasteiger partial charge in [0, 0.05) is 5.69 Å². The van der Waals surface area contributed by atoms with Crippen LogP contribution in [0.2, 0.25) is 0 Å². The van der Waals surface area contributed by atoms with E-state index >= 15 is 0 Å². The predicted octanol–water partition coefficient (Wildman–Crippen LogP) is 0.315. The minimum Gasteiger partial charge on any atom is -0.368 e. The summed E-state index contributed by atoms with van der Waals surface area (Å²) >= 11 is 0. The van der Waals surface area contributed by atoms with E-state index in [2.05, 4.69) is 9.98 Å². The van der Waals surface area contributed by atoms with E-state index in [4.69, 9.17) is 10.9 Å². The summed E-state index contributed by atoms with van der Waals surface area (Å²) in [5.74, 6) is 0.391. The molecule has 0 aliphatic heterocycles. The maximum absolute atomic E-state index is 8.33. The molecule has 0 atom stereocenters. The average Bonchev–Trinajstić information content (AvgIpc) is 2.04. The largest absolute Gasteiger partial charge is 0.368 e. The van der Waals surface area contributed by atoms with Crippen molar-refractivity contribution in [1.29, 1.82) is 0 Å². The van der Waals surface area contributed by atoms with Crippen molar-refractivity contribution in [3.8, 4) is 0 Å². The molecule has 0 amide bonds. The summed E-state index contributed by atoms with van der Waals surface area (Å²) in [4.78, 5) is 7.80. The fourth-order valence-corrected chi connectivity index (χ4v) is 0.739. The van der Waals surface area contributed by atoms with Crippen molar-refractivity contribution in [3.63, 3.8) is 0 Å². The van der Waals surface area contributed by atoms with Gasteiger partial charge in [-0.3, -0.25) is 5.21 Å². The highest BCUT2D eigenvalue weighted by Gasteiger charge is 1.92. The van der Waals surface area contributed by atoms with E-state index in [0.717, 1.165) is 5.69 Å². The molecule has 4 N–H and O–H groups in total. The molecular weight excluding hydrogens is 156 g/mol. The normalized spacial score (nSPS) is 11.3. The van der Waals surface area contributed by atoms with Crippen LogP contribution in [0.4, 0.5) is 5.82 Å². The van der Waals surface area contributed by atoms with Gasteiger partial charge >= 0.3 is 0 Å². The Kier molecular flexibility index (Phi) is 2.60. The summed E-state index contributed by atoms with van der Waals surface area (Å²) in [6.45, 7) is 1.85. The van der Waals surface area contributed by atoms with Crippen LogP contribution < -0.4 is 11.2 Å². The van der Waals surface area contributed by atoms with Gasteiger partial charge in [0.25, 0.3) is 0 Å². The number of nitrogens with zero attached hydrogens (tertiary/aromatic N) is 2. The highest BCUT2D eigenvalue weighted by Crippen LogP contribution is 2.06. The standard InChI is InChI=1S/C7H10N4O/c1-5-3-2-4-6(9-5)10-7(8)11-12/h2-4,12H,1H3,(H3,8,9,10,11). The van der Waals surface area contributed by atoms with Gasteiger partial charge in [-0.2, -0.15) is 4.99 Å². The van der Waals surface area contributed by atoms with Crippen LogP contribution in [0.15, 0.2) is 23.2 Å². The molecule has 0 spiro atoms. The second-order valence-electron chi connectivity index (χ2n) is 2.25. The van der Waals surface area contributed by atoms with Crippen LogP contribution in [0.1, 0.15) is 5.69 Å². The number of hydrogen-bond acceptors (Lipinski definition) is 3. The van der Waals surface area contributed by atoms with Gasteiger partial charge in [0.05, 0.1) is 0 Å². The van der Waals surface area contributed by atoms with Gasteiger partial charge in [-0.15, -0.1) is 0 Å². The van der Waals surface area contributed by atoms with Gasteiger partial charge in [0.1, 0.15) is 0 Å². The number of pyridine rings is 1. The zero-order valence-electron chi connectivity index (χ0n) is 6.65. The summed E-state index contributed by atoms with van der Waals surface area (Å²) in [6, 6.07) is 5.35.